The van der Waals surface area contributed by atoms with Crippen LogP contribution in [0.2, 0.25) is 0 Å². The van der Waals surface area contributed by atoms with Crippen molar-refractivity contribution in [3.05, 3.63) is 0 Å². The number of ether oxygens (including phenoxy) is 1. The minimum absolute atomic E-state index is 0.434. The molecule has 2 unspecified atom stereocenters. The van der Waals surface area contributed by atoms with Crippen LogP contribution in [0.5, 0.6) is 0 Å². The Kier molecular flexibility index (Phi) is 26.3. The van der Waals surface area contributed by atoms with Crippen molar-refractivity contribution < 1.29 is 4.74 Å². The van der Waals surface area contributed by atoms with Gasteiger partial charge in [-0.3, -0.25) is 0 Å². The second kappa shape index (κ2) is 27.7. The zero-order valence-corrected chi connectivity index (χ0v) is 28.7. The molecule has 1 aliphatic heterocycles. The lowest BCUT2D eigenvalue weighted by Crippen LogP contribution is -2.40. The van der Waals surface area contributed by atoms with Crippen LogP contribution in [-0.4, -0.2) is 36.7 Å². The third-order valence-electron chi connectivity index (χ3n) is 9.82. The van der Waals surface area contributed by atoms with Gasteiger partial charge in [0.1, 0.15) is 0 Å². The third-order valence-corrected chi connectivity index (χ3v) is 9.82. The molecule has 0 spiro atoms. The molecular weight excluding hydrogens is 486 g/mol. The van der Waals surface area contributed by atoms with Crippen LogP contribution in [0.1, 0.15) is 202 Å². The van der Waals surface area contributed by atoms with Crippen LogP contribution in [0, 0.1) is 11.8 Å². The number of piperidine rings is 1. The van der Waals surface area contributed by atoms with E-state index < -0.39 is 0 Å². The lowest BCUT2D eigenvalue weighted by Gasteiger charge is -2.35. The van der Waals surface area contributed by atoms with Crippen molar-refractivity contribution in [2.24, 2.45) is 11.8 Å². The van der Waals surface area contributed by atoms with Crippen molar-refractivity contribution in [1.29, 1.82) is 0 Å². The average molecular weight is 564 g/mol. The highest BCUT2D eigenvalue weighted by molar-refractivity contribution is 4.76. The topological polar surface area (TPSA) is 12.5 Å². The number of nitrogens with zero attached hydrogens (tertiary/aromatic N) is 1. The van der Waals surface area contributed by atoms with Gasteiger partial charge in [-0.05, 0) is 57.3 Å². The summed E-state index contributed by atoms with van der Waals surface area (Å²) < 4.78 is 6.66. The Morgan fingerprint density at radius 2 is 0.900 bits per heavy atom. The Labute approximate surface area is 254 Å². The molecule has 2 heteroatoms. The first-order valence-corrected chi connectivity index (χ1v) is 19.0. The van der Waals surface area contributed by atoms with E-state index >= 15 is 0 Å². The Hall–Kier alpha value is -0.0800. The minimum Gasteiger partial charge on any atom is -0.375 e. The first-order chi connectivity index (χ1) is 19.6. The van der Waals surface area contributed by atoms with Crippen molar-refractivity contribution in [3.63, 3.8) is 0 Å². The number of rotatable bonds is 29. The molecule has 0 N–H and O–H groups in total. The highest BCUT2D eigenvalue weighted by atomic mass is 16.5. The molecule has 0 radical (unpaired) electrons. The molecule has 0 bridgehead atoms. The average Bonchev–Trinajstić information content (AvgIpc) is 2.96. The smallest absolute Gasteiger partial charge is 0.0603 e. The van der Waals surface area contributed by atoms with Gasteiger partial charge in [0.15, 0.2) is 0 Å². The minimum atomic E-state index is 0.434. The first-order valence-electron chi connectivity index (χ1n) is 19.0. The highest BCUT2D eigenvalue weighted by Crippen LogP contribution is 2.26. The van der Waals surface area contributed by atoms with Crippen LogP contribution < -0.4 is 0 Å². The molecule has 240 valence electrons. The maximum Gasteiger partial charge on any atom is 0.0603 e. The molecule has 0 aromatic carbocycles. The van der Waals surface area contributed by atoms with E-state index in [1.165, 1.54) is 187 Å². The molecule has 1 saturated heterocycles. The van der Waals surface area contributed by atoms with Crippen molar-refractivity contribution in [2.45, 2.75) is 214 Å². The monoisotopic (exact) mass is 564 g/mol. The summed E-state index contributed by atoms with van der Waals surface area (Å²) >= 11 is 0. The Bertz CT molecular complexity index is 500. The molecule has 0 aromatic rings. The normalized spacial score (nSPS) is 17.3. The van der Waals surface area contributed by atoms with E-state index in [1.807, 2.05) is 0 Å². The zero-order valence-electron chi connectivity index (χ0n) is 28.7. The summed E-state index contributed by atoms with van der Waals surface area (Å²) in [6.07, 6.45) is 37.5. The molecular formula is C38H77NO. The van der Waals surface area contributed by atoms with Gasteiger partial charge in [-0.1, -0.05) is 156 Å². The molecule has 2 nitrogen and oxygen atoms in total. The summed E-state index contributed by atoms with van der Waals surface area (Å²) in [5, 5.41) is 0. The third kappa shape index (κ3) is 21.6. The van der Waals surface area contributed by atoms with Crippen LogP contribution >= 0.6 is 0 Å². The molecule has 0 saturated carbocycles. The molecule has 0 aliphatic carbocycles. The van der Waals surface area contributed by atoms with Gasteiger partial charge in [0.05, 0.1) is 12.2 Å². The fraction of sp³-hybridized carbons (Fsp3) is 1.00. The van der Waals surface area contributed by atoms with E-state index in [9.17, 15) is 0 Å². The molecule has 0 aromatic heterocycles. The number of unbranched alkanes of at least 4 members (excludes halogenated alkanes) is 14. The fourth-order valence-electron chi connectivity index (χ4n) is 7.01. The maximum atomic E-state index is 6.66. The Balaban J connectivity index is 2.35. The van der Waals surface area contributed by atoms with Gasteiger partial charge in [0, 0.05) is 19.6 Å². The maximum absolute atomic E-state index is 6.66. The van der Waals surface area contributed by atoms with Gasteiger partial charge in [-0.15, -0.1) is 0 Å². The van der Waals surface area contributed by atoms with Crippen molar-refractivity contribution in [1.82, 2.24) is 4.90 Å². The lowest BCUT2D eigenvalue weighted by molar-refractivity contribution is -0.0415. The van der Waals surface area contributed by atoms with E-state index in [4.69, 9.17) is 4.74 Å². The summed E-state index contributed by atoms with van der Waals surface area (Å²) in [4.78, 5) is 2.80. The number of hydrogen-bond donors (Lipinski definition) is 0. The SMILES string of the molecule is CCCCCCCC(CCCCCC)CC[C@@H](C)OC1CCN(CC(CCCCCC)CCCCCCC)CC1. The summed E-state index contributed by atoms with van der Waals surface area (Å²) in [6, 6.07) is 0. The molecule has 1 fully saturated rings. The summed E-state index contributed by atoms with van der Waals surface area (Å²) in [7, 11) is 0. The Morgan fingerprint density at radius 3 is 1.35 bits per heavy atom. The second-order valence-corrected chi connectivity index (χ2v) is 13.9. The molecule has 3 atom stereocenters. The van der Waals surface area contributed by atoms with Crippen molar-refractivity contribution in [2.75, 3.05) is 19.6 Å². The lowest BCUT2D eigenvalue weighted by atomic mass is 9.89. The van der Waals surface area contributed by atoms with Crippen molar-refractivity contribution in [3.8, 4) is 0 Å². The van der Waals surface area contributed by atoms with Crippen LogP contribution in [0.3, 0.4) is 0 Å². The number of likely N-dealkylation sites (tertiary alicyclic amines) is 1. The predicted molar refractivity (Wildman–Crippen MR) is 180 cm³/mol. The zero-order chi connectivity index (χ0) is 29.1. The number of hydrogen-bond acceptors (Lipinski definition) is 2. The van der Waals surface area contributed by atoms with Crippen molar-refractivity contribution >= 4 is 0 Å². The van der Waals surface area contributed by atoms with Crippen LogP contribution in [0.15, 0.2) is 0 Å². The summed E-state index contributed by atoms with van der Waals surface area (Å²) in [6.45, 7) is 15.6. The van der Waals surface area contributed by atoms with Gasteiger partial charge in [-0.2, -0.15) is 0 Å². The van der Waals surface area contributed by atoms with Gasteiger partial charge < -0.3 is 9.64 Å². The summed E-state index contributed by atoms with van der Waals surface area (Å²) in [5.41, 5.74) is 0. The van der Waals surface area contributed by atoms with Gasteiger partial charge in [-0.25, -0.2) is 0 Å². The molecule has 0 amide bonds. The van der Waals surface area contributed by atoms with Crippen LogP contribution in [-0.2, 0) is 4.74 Å². The molecule has 40 heavy (non-hydrogen) atoms. The highest BCUT2D eigenvalue weighted by Gasteiger charge is 2.24. The van der Waals surface area contributed by atoms with E-state index in [1.54, 1.807) is 0 Å². The van der Waals surface area contributed by atoms with Crippen LogP contribution in [0.4, 0.5) is 0 Å². The van der Waals surface area contributed by atoms with Crippen LogP contribution in [0.25, 0.3) is 0 Å². The Morgan fingerprint density at radius 1 is 0.500 bits per heavy atom. The first kappa shape index (κ1) is 37.9. The van der Waals surface area contributed by atoms with Gasteiger partial charge in [0.2, 0.25) is 0 Å². The van der Waals surface area contributed by atoms with E-state index in [-0.39, 0.29) is 0 Å². The predicted octanol–water partition coefficient (Wildman–Crippen LogP) is 12.5. The van der Waals surface area contributed by atoms with E-state index in [2.05, 4.69) is 39.5 Å². The molecule has 1 aliphatic rings. The van der Waals surface area contributed by atoms with E-state index in [0.29, 0.717) is 12.2 Å². The van der Waals surface area contributed by atoms with E-state index in [0.717, 1.165) is 11.8 Å². The largest absolute Gasteiger partial charge is 0.375 e. The fourth-order valence-corrected chi connectivity index (χ4v) is 7.01. The second-order valence-electron chi connectivity index (χ2n) is 13.9. The van der Waals surface area contributed by atoms with Gasteiger partial charge >= 0.3 is 0 Å². The molecule has 1 heterocycles. The molecule has 1 rings (SSSR count). The summed E-state index contributed by atoms with van der Waals surface area (Å²) in [5.74, 6) is 1.86. The standard InChI is InChI=1S/C38H77NO/c1-6-10-14-18-22-25-36(24-20-16-12-8-3)29-28-35(5)40-38-30-32-39(33-31-38)34-37(26-21-17-13-9-4)27-23-19-15-11-7-2/h35-38H,6-34H2,1-5H3/t35-,36?,37?/m1/s1. The van der Waals surface area contributed by atoms with Gasteiger partial charge in [0.25, 0.3) is 0 Å². The quantitative estimate of drug-likeness (QED) is 0.0839.